The van der Waals surface area contributed by atoms with Crippen LogP contribution in [0.3, 0.4) is 0 Å². The fourth-order valence-electron chi connectivity index (χ4n) is 2.82. The second-order valence-corrected chi connectivity index (χ2v) is 6.66. The number of nitrogens with two attached hydrogens (primary N) is 1. The standard InChI is InChI=1S/C19H26N6O4/c1-4-5-10-25-17(20)16(18(28)23-19(25)29)24(3)11-15(27)22-14-8-6-13(7-9-14)21-12(2)26/h6-9H,4-5,10-11,20H2,1-3H3,(H,21,26)(H,22,27)(H,23,28,29). The Kier molecular flexibility index (Phi) is 7.18. The summed E-state index contributed by atoms with van der Waals surface area (Å²) in [6, 6.07) is 6.62. The van der Waals surface area contributed by atoms with E-state index in [-0.39, 0.29) is 29.9 Å². The number of carbonyl (C=O) groups excluding carboxylic acids is 2. The molecule has 5 N–H and O–H groups in total. The summed E-state index contributed by atoms with van der Waals surface area (Å²) < 4.78 is 1.30. The zero-order valence-electron chi connectivity index (χ0n) is 16.7. The van der Waals surface area contributed by atoms with Gasteiger partial charge in [0, 0.05) is 31.9 Å². The summed E-state index contributed by atoms with van der Waals surface area (Å²) >= 11 is 0. The van der Waals surface area contributed by atoms with Crippen LogP contribution in [-0.2, 0) is 16.1 Å². The maximum absolute atomic E-state index is 12.4. The van der Waals surface area contributed by atoms with E-state index in [0.717, 1.165) is 12.8 Å². The Morgan fingerprint density at radius 2 is 1.72 bits per heavy atom. The molecule has 156 valence electrons. The number of likely N-dealkylation sites (N-methyl/N-ethyl adjacent to an activating group) is 1. The minimum Gasteiger partial charge on any atom is -0.383 e. The molecule has 2 amide bonds. The van der Waals surface area contributed by atoms with Crippen LogP contribution >= 0.6 is 0 Å². The van der Waals surface area contributed by atoms with Gasteiger partial charge in [-0.05, 0) is 30.7 Å². The third-order valence-corrected chi connectivity index (χ3v) is 4.20. The molecule has 0 bridgehead atoms. The highest BCUT2D eigenvalue weighted by molar-refractivity contribution is 5.95. The molecule has 0 aliphatic heterocycles. The van der Waals surface area contributed by atoms with Crippen LogP contribution in [0.4, 0.5) is 22.9 Å². The molecule has 10 nitrogen and oxygen atoms in total. The van der Waals surface area contributed by atoms with Gasteiger partial charge in [0.2, 0.25) is 11.8 Å². The number of benzene rings is 1. The van der Waals surface area contributed by atoms with E-state index in [0.29, 0.717) is 17.9 Å². The first-order valence-electron chi connectivity index (χ1n) is 9.24. The van der Waals surface area contributed by atoms with Crippen LogP contribution in [0.15, 0.2) is 33.9 Å². The smallest absolute Gasteiger partial charge is 0.330 e. The number of H-pyrrole nitrogens is 1. The number of anilines is 4. The fraction of sp³-hybridized carbons (Fsp3) is 0.368. The van der Waals surface area contributed by atoms with Crippen LogP contribution in [-0.4, -0.2) is 35.0 Å². The topological polar surface area (TPSA) is 142 Å². The van der Waals surface area contributed by atoms with Crippen LogP contribution in [0, 0.1) is 0 Å². The Morgan fingerprint density at radius 1 is 1.14 bits per heavy atom. The zero-order chi connectivity index (χ0) is 21.6. The molecule has 29 heavy (non-hydrogen) atoms. The van der Waals surface area contributed by atoms with Crippen molar-refractivity contribution in [1.29, 1.82) is 0 Å². The van der Waals surface area contributed by atoms with Crippen molar-refractivity contribution in [3.63, 3.8) is 0 Å². The number of nitrogens with zero attached hydrogens (tertiary/aromatic N) is 2. The quantitative estimate of drug-likeness (QED) is 0.518. The number of hydrogen-bond donors (Lipinski definition) is 4. The number of aromatic nitrogens is 2. The third kappa shape index (κ3) is 5.71. The number of unbranched alkanes of at least 4 members (excludes halogenated alkanes) is 1. The lowest BCUT2D eigenvalue weighted by molar-refractivity contribution is -0.115. The van der Waals surface area contributed by atoms with Crippen LogP contribution < -0.4 is 32.5 Å². The lowest BCUT2D eigenvalue weighted by atomic mass is 10.2. The minimum atomic E-state index is -0.643. The molecular formula is C19H26N6O4. The second-order valence-electron chi connectivity index (χ2n) is 6.66. The molecule has 0 saturated carbocycles. The number of nitrogens with one attached hydrogen (secondary N) is 3. The monoisotopic (exact) mass is 402 g/mol. The number of nitrogen functional groups attached to an aromatic ring is 1. The number of rotatable bonds is 8. The molecule has 0 spiro atoms. The summed E-state index contributed by atoms with van der Waals surface area (Å²) in [6.45, 7) is 3.62. The van der Waals surface area contributed by atoms with E-state index in [4.69, 9.17) is 5.73 Å². The maximum atomic E-state index is 12.4. The van der Waals surface area contributed by atoms with Crippen LogP contribution in [0.5, 0.6) is 0 Å². The van der Waals surface area contributed by atoms with Gasteiger partial charge >= 0.3 is 5.69 Å². The molecule has 1 aromatic heterocycles. The van der Waals surface area contributed by atoms with Crippen LogP contribution in [0.2, 0.25) is 0 Å². The molecule has 0 fully saturated rings. The van der Waals surface area contributed by atoms with Gasteiger partial charge in [-0.3, -0.25) is 23.9 Å². The molecule has 0 aliphatic carbocycles. The van der Waals surface area contributed by atoms with Gasteiger partial charge in [0.25, 0.3) is 5.56 Å². The largest absolute Gasteiger partial charge is 0.383 e. The van der Waals surface area contributed by atoms with Gasteiger partial charge in [-0.25, -0.2) is 4.79 Å². The Balaban J connectivity index is 2.12. The predicted molar refractivity (Wildman–Crippen MR) is 113 cm³/mol. The van der Waals surface area contributed by atoms with Crippen molar-refractivity contribution in [2.45, 2.75) is 33.2 Å². The maximum Gasteiger partial charge on any atom is 0.330 e. The molecule has 1 heterocycles. The molecule has 1 aromatic carbocycles. The summed E-state index contributed by atoms with van der Waals surface area (Å²) in [7, 11) is 1.55. The molecule has 0 atom stereocenters. The van der Waals surface area contributed by atoms with Crippen molar-refractivity contribution in [1.82, 2.24) is 9.55 Å². The highest BCUT2D eigenvalue weighted by Gasteiger charge is 2.18. The fourth-order valence-corrected chi connectivity index (χ4v) is 2.82. The SMILES string of the molecule is CCCCn1c(N)c(N(C)CC(=O)Nc2ccc(NC(C)=O)cc2)c(=O)[nH]c1=O. The van der Waals surface area contributed by atoms with E-state index in [1.165, 1.54) is 16.4 Å². The van der Waals surface area contributed by atoms with Crippen molar-refractivity contribution in [3.8, 4) is 0 Å². The summed E-state index contributed by atoms with van der Waals surface area (Å²) in [5.74, 6) is -0.529. The number of aromatic amines is 1. The highest BCUT2D eigenvalue weighted by Crippen LogP contribution is 2.16. The first kappa shape index (κ1) is 21.7. The van der Waals surface area contributed by atoms with Crippen molar-refractivity contribution in [2.24, 2.45) is 0 Å². The van der Waals surface area contributed by atoms with Crippen LogP contribution in [0.1, 0.15) is 26.7 Å². The molecular weight excluding hydrogens is 376 g/mol. The highest BCUT2D eigenvalue weighted by atomic mass is 16.2. The van der Waals surface area contributed by atoms with E-state index >= 15 is 0 Å². The first-order chi connectivity index (χ1) is 13.7. The summed E-state index contributed by atoms with van der Waals surface area (Å²) in [4.78, 5) is 51.3. The van der Waals surface area contributed by atoms with Gasteiger partial charge in [0.05, 0.1) is 6.54 Å². The van der Waals surface area contributed by atoms with Gasteiger partial charge in [0.15, 0.2) is 0 Å². The van der Waals surface area contributed by atoms with Gasteiger partial charge in [-0.1, -0.05) is 13.3 Å². The van der Waals surface area contributed by atoms with E-state index < -0.39 is 11.2 Å². The Labute approximate surface area is 167 Å². The molecule has 0 aliphatic rings. The number of hydrogen-bond acceptors (Lipinski definition) is 6. The first-order valence-corrected chi connectivity index (χ1v) is 9.24. The minimum absolute atomic E-state index is 0.0298. The lowest BCUT2D eigenvalue weighted by Gasteiger charge is -2.21. The van der Waals surface area contributed by atoms with E-state index in [2.05, 4.69) is 15.6 Å². The average Bonchev–Trinajstić information content (AvgIpc) is 2.62. The normalized spacial score (nSPS) is 10.4. The molecule has 2 aromatic rings. The Bertz CT molecular complexity index is 993. The number of amides is 2. The molecule has 0 unspecified atom stereocenters. The van der Waals surface area contributed by atoms with Gasteiger partial charge in [0.1, 0.15) is 11.5 Å². The third-order valence-electron chi connectivity index (χ3n) is 4.20. The molecule has 0 radical (unpaired) electrons. The van der Waals surface area contributed by atoms with Crippen molar-refractivity contribution in [3.05, 3.63) is 45.1 Å². The van der Waals surface area contributed by atoms with Crippen molar-refractivity contribution in [2.75, 3.05) is 34.9 Å². The van der Waals surface area contributed by atoms with Gasteiger partial charge < -0.3 is 21.3 Å². The second kappa shape index (κ2) is 9.58. The number of carbonyl (C=O) groups is 2. The predicted octanol–water partition coefficient (Wildman–Crippen LogP) is 0.952. The van der Waals surface area contributed by atoms with E-state index in [1.54, 1.807) is 31.3 Å². The Hall–Kier alpha value is -3.56. The molecule has 0 saturated heterocycles. The van der Waals surface area contributed by atoms with Gasteiger partial charge in [-0.15, -0.1) is 0 Å². The average molecular weight is 402 g/mol. The van der Waals surface area contributed by atoms with E-state index in [1.807, 2.05) is 6.92 Å². The van der Waals surface area contributed by atoms with Crippen molar-refractivity contribution >= 4 is 34.7 Å². The molecule has 2 rings (SSSR count). The lowest BCUT2D eigenvalue weighted by Crippen LogP contribution is -2.39. The van der Waals surface area contributed by atoms with Gasteiger partial charge in [-0.2, -0.15) is 0 Å². The summed E-state index contributed by atoms with van der Waals surface area (Å²) in [5, 5.41) is 5.34. The van der Waals surface area contributed by atoms with Crippen LogP contribution in [0.25, 0.3) is 0 Å². The van der Waals surface area contributed by atoms with Crippen molar-refractivity contribution < 1.29 is 9.59 Å². The Morgan fingerprint density at radius 3 is 2.28 bits per heavy atom. The summed E-state index contributed by atoms with van der Waals surface area (Å²) in [6.07, 6.45) is 1.59. The molecule has 10 heteroatoms. The summed E-state index contributed by atoms with van der Waals surface area (Å²) in [5.41, 5.74) is 6.05. The zero-order valence-corrected chi connectivity index (χ0v) is 16.7. The van der Waals surface area contributed by atoms with E-state index in [9.17, 15) is 19.2 Å².